The number of sulfone groups is 1. The second-order valence-electron chi connectivity index (χ2n) is 4.14. The molecule has 0 heterocycles. The van der Waals surface area contributed by atoms with Crippen molar-refractivity contribution >= 4 is 21.6 Å². The first-order valence-corrected chi connectivity index (χ1v) is 9.16. The molecule has 0 saturated carbocycles. The summed E-state index contributed by atoms with van der Waals surface area (Å²) >= 11 is 1.95. The van der Waals surface area contributed by atoms with Gasteiger partial charge in [0.25, 0.3) is 0 Å². The van der Waals surface area contributed by atoms with E-state index >= 15 is 0 Å². The Morgan fingerprint density at radius 1 is 1.22 bits per heavy atom. The minimum Gasteiger partial charge on any atom is -0.313 e. The van der Waals surface area contributed by atoms with E-state index in [4.69, 9.17) is 0 Å². The Labute approximate surface area is 114 Å². The number of hydrogen-bond acceptors (Lipinski definition) is 4. The van der Waals surface area contributed by atoms with Gasteiger partial charge in [0.15, 0.2) is 9.84 Å². The number of thioether (sulfide) groups is 1. The van der Waals surface area contributed by atoms with Gasteiger partial charge in [-0.2, -0.15) is 11.8 Å². The summed E-state index contributed by atoms with van der Waals surface area (Å²) in [6.07, 6.45) is 2.39. The highest BCUT2D eigenvalue weighted by Gasteiger charge is 2.05. The maximum Gasteiger partial charge on any atom is 0.175 e. The molecule has 102 valence electrons. The molecular formula is C13H21NO2S2. The van der Waals surface area contributed by atoms with Crippen molar-refractivity contribution in [3.05, 3.63) is 29.8 Å². The smallest absolute Gasteiger partial charge is 0.175 e. The molecule has 1 rings (SSSR count). The standard InChI is InChI=1S/C13H21NO2S2/c1-3-17-10-4-9-14-11-12-5-7-13(8-6-12)18(2,15)16/h5-8,14H,3-4,9-11H2,1-2H3. The summed E-state index contributed by atoms with van der Waals surface area (Å²) in [6, 6.07) is 7.06. The fourth-order valence-electron chi connectivity index (χ4n) is 1.53. The predicted octanol–water partition coefficient (Wildman–Crippen LogP) is 2.32. The average molecular weight is 287 g/mol. The molecule has 1 aromatic rings. The first-order chi connectivity index (χ1) is 8.54. The van der Waals surface area contributed by atoms with Gasteiger partial charge in [-0.25, -0.2) is 8.42 Å². The molecule has 5 heteroatoms. The van der Waals surface area contributed by atoms with Crippen LogP contribution in [0.5, 0.6) is 0 Å². The van der Waals surface area contributed by atoms with Gasteiger partial charge in [-0.3, -0.25) is 0 Å². The quantitative estimate of drug-likeness (QED) is 0.745. The SMILES string of the molecule is CCSCCCNCc1ccc(S(C)(=O)=O)cc1. The Morgan fingerprint density at radius 3 is 2.44 bits per heavy atom. The second kappa shape index (κ2) is 7.81. The number of nitrogens with one attached hydrogen (secondary N) is 1. The monoisotopic (exact) mass is 287 g/mol. The minimum atomic E-state index is -3.08. The highest BCUT2D eigenvalue weighted by molar-refractivity contribution is 7.99. The van der Waals surface area contributed by atoms with Gasteiger partial charge in [-0.05, 0) is 42.2 Å². The fraction of sp³-hybridized carbons (Fsp3) is 0.538. The lowest BCUT2D eigenvalue weighted by molar-refractivity contribution is 0.601. The summed E-state index contributed by atoms with van der Waals surface area (Å²) in [7, 11) is -3.08. The Bertz CT molecular complexity index is 441. The van der Waals surface area contributed by atoms with Crippen LogP contribution >= 0.6 is 11.8 Å². The molecule has 0 aliphatic heterocycles. The highest BCUT2D eigenvalue weighted by Crippen LogP contribution is 2.10. The Balaban J connectivity index is 2.32. The van der Waals surface area contributed by atoms with Crippen LogP contribution in [0.4, 0.5) is 0 Å². The molecule has 3 nitrogen and oxygen atoms in total. The van der Waals surface area contributed by atoms with Crippen LogP contribution in [0.25, 0.3) is 0 Å². The summed E-state index contributed by atoms with van der Waals surface area (Å²) in [6.45, 7) is 3.96. The van der Waals surface area contributed by atoms with Gasteiger partial charge >= 0.3 is 0 Å². The van der Waals surface area contributed by atoms with Crippen molar-refractivity contribution < 1.29 is 8.42 Å². The zero-order valence-electron chi connectivity index (χ0n) is 11.0. The van der Waals surface area contributed by atoms with Crippen LogP contribution in [0.3, 0.4) is 0 Å². The third kappa shape index (κ3) is 5.89. The zero-order chi connectivity index (χ0) is 13.4. The van der Waals surface area contributed by atoms with Gasteiger partial charge in [0.05, 0.1) is 4.90 Å². The van der Waals surface area contributed by atoms with Crippen LogP contribution in [-0.4, -0.2) is 32.7 Å². The third-order valence-corrected chi connectivity index (χ3v) is 4.64. The maximum absolute atomic E-state index is 11.3. The van der Waals surface area contributed by atoms with E-state index < -0.39 is 9.84 Å². The normalized spacial score (nSPS) is 11.7. The molecule has 0 fully saturated rings. The predicted molar refractivity (Wildman–Crippen MR) is 78.9 cm³/mol. The van der Waals surface area contributed by atoms with Gasteiger partial charge in [0.1, 0.15) is 0 Å². The lowest BCUT2D eigenvalue weighted by Crippen LogP contribution is -2.15. The number of benzene rings is 1. The van der Waals surface area contributed by atoms with E-state index in [1.807, 2.05) is 23.9 Å². The molecule has 0 bridgehead atoms. The van der Waals surface area contributed by atoms with Crippen LogP contribution in [0.1, 0.15) is 18.9 Å². The average Bonchev–Trinajstić information content (AvgIpc) is 2.33. The molecule has 0 radical (unpaired) electrons. The number of hydrogen-bond donors (Lipinski definition) is 1. The second-order valence-corrected chi connectivity index (χ2v) is 7.55. The number of rotatable bonds is 8. The minimum absolute atomic E-state index is 0.380. The molecule has 0 amide bonds. The van der Waals surface area contributed by atoms with E-state index in [1.54, 1.807) is 12.1 Å². The van der Waals surface area contributed by atoms with E-state index in [0.29, 0.717) is 4.90 Å². The third-order valence-electron chi connectivity index (χ3n) is 2.53. The molecule has 0 aliphatic rings. The zero-order valence-corrected chi connectivity index (χ0v) is 12.6. The van der Waals surface area contributed by atoms with Crippen molar-refractivity contribution in [1.29, 1.82) is 0 Å². The van der Waals surface area contributed by atoms with Crippen molar-refractivity contribution in [2.75, 3.05) is 24.3 Å². The molecule has 1 aromatic carbocycles. The molecule has 0 saturated heterocycles. The summed E-state index contributed by atoms with van der Waals surface area (Å²) < 4.78 is 22.6. The van der Waals surface area contributed by atoms with E-state index in [1.165, 1.54) is 24.2 Å². The Kier molecular flexibility index (Phi) is 6.75. The van der Waals surface area contributed by atoms with Crippen molar-refractivity contribution in [2.45, 2.75) is 24.8 Å². The van der Waals surface area contributed by atoms with Gasteiger partial charge in [0, 0.05) is 12.8 Å². The van der Waals surface area contributed by atoms with Crippen LogP contribution in [0, 0.1) is 0 Å². The van der Waals surface area contributed by atoms with Crippen LogP contribution in [0.2, 0.25) is 0 Å². The molecule has 1 N–H and O–H groups in total. The Morgan fingerprint density at radius 2 is 1.89 bits per heavy atom. The summed E-state index contributed by atoms with van der Waals surface area (Å²) in [5.74, 6) is 2.36. The highest BCUT2D eigenvalue weighted by atomic mass is 32.2. The first kappa shape index (κ1) is 15.5. The molecule has 0 aromatic heterocycles. The van der Waals surface area contributed by atoms with E-state index in [0.717, 1.165) is 18.7 Å². The van der Waals surface area contributed by atoms with E-state index in [9.17, 15) is 8.42 Å². The largest absolute Gasteiger partial charge is 0.313 e. The van der Waals surface area contributed by atoms with Crippen LogP contribution in [0.15, 0.2) is 29.2 Å². The molecule has 18 heavy (non-hydrogen) atoms. The Hall–Kier alpha value is -0.520. The fourth-order valence-corrected chi connectivity index (χ4v) is 2.80. The van der Waals surface area contributed by atoms with Gasteiger partial charge in [-0.1, -0.05) is 19.1 Å². The first-order valence-electron chi connectivity index (χ1n) is 6.11. The summed E-state index contributed by atoms with van der Waals surface area (Å²) in [4.78, 5) is 0.380. The van der Waals surface area contributed by atoms with Crippen LogP contribution in [-0.2, 0) is 16.4 Å². The van der Waals surface area contributed by atoms with E-state index in [2.05, 4.69) is 12.2 Å². The summed E-state index contributed by atoms with van der Waals surface area (Å²) in [5.41, 5.74) is 1.12. The van der Waals surface area contributed by atoms with Crippen molar-refractivity contribution in [3.8, 4) is 0 Å². The molecule has 0 aliphatic carbocycles. The van der Waals surface area contributed by atoms with E-state index in [-0.39, 0.29) is 0 Å². The topological polar surface area (TPSA) is 46.2 Å². The van der Waals surface area contributed by atoms with Gasteiger partial charge in [-0.15, -0.1) is 0 Å². The molecule has 0 atom stereocenters. The van der Waals surface area contributed by atoms with Crippen LogP contribution < -0.4 is 5.32 Å². The van der Waals surface area contributed by atoms with Crippen molar-refractivity contribution in [3.63, 3.8) is 0 Å². The summed E-state index contributed by atoms with van der Waals surface area (Å²) in [5, 5.41) is 3.36. The molecular weight excluding hydrogens is 266 g/mol. The lowest BCUT2D eigenvalue weighted by atomic mass is 10.2. The van der Waals surface area contributed by atoms with Gasteiger partial charge in [0.2, 0.25) is 0 Å². The van der Waals surface area contributed by atoms with Crippen molar-refractivity contribution in [1.82, 2.24) is 5.32 Å². The molecule has 0 unspecified atom stereocenters. The molecule has 0 spiro atoms. The van der Waals surface area contributed by atoms with Gasteiger partial charge < -0.3 is 5.32 Å². The lowest BCUT2D eigenvalue weighted by Gasteiger charge is -2.05. The van der Waals surface area contributed by atoms with Crippen molar-refractivity contribution in [2.24, 2.45) is 0 Å². The maximum atomic E-state index is 11.3.